The van der Waals surface area contributed by atoms with E-state index in [0.29, 0.717) is 0 Å². The normalized spacial score (nSPS) is 11.0. The first-order valence-electron chi connectivity index (χ1n) is 6.27. The number of fused-ring (bicyclic) bond motifs is 1. The van der Waals surface area contributed by atoms with E-state index in [1.807, 2.05) is 30.8 Å². The summed E-state index contributed by atoms with van der Waals surface area (Å²) in [5, 5.41) is 8.47. The zero-order valence-corrected chi connectivity index (χ0v) is 13.1. The molecule has 102 valence electrons. The van der Waals surface area contributed by atoms with Gasteiger partial charge in [-0.05, 0) is 37.6 Å². The van der Waals surface area contributed by atoms with Crippen LogP contribution in [0.3, 0.4) is 0 Å². The van der Waals surface area contributed by atoms with Crippen molar-refractivity contribution in [1.29, 1.82) is 0 Å². The highest BCUT2D eigenvalue weighted by molar-refractivity contribution is 9.10. The Kier molecular flexibility index (Phi) is 3.17. The smallest absolute Gasteiger partial charge is 0.168 e. The SMILES string of the molecule is CNc1nc(C)nc2c1cnn2-c1ccc(Br)cc1C. The molecular weight excluding hydrogens is 318 g/mol. The van der Waals surface area contributed by atoms with Gasteiger partial charge in [0.1, 0.15) is 11.6 Å². The van der Waals surface area contributed by atoms with Crippen molar-refractivity contribution in [3.8, 4) is 5.69 Å². The van der Waals surface area contributed by atoms with Crippen molar-refractivity contribution in [2.45, 2.75) is 13.8 Å². The number of nitrogens with one attached hydrogen (secondary N) is 1. The highest BCUT2D eigenvalue weighted by atomic mass is 79.9. The molecule has 0 spiro atoms. The molecule has 0 bridgehead atoms. The van der Waals surface area contributed by atoms with Gasteiger partial charge in [0.15, 0.2) is 5.65 Å². The first-order chi connectivity index (χ1) is 9.60. The molecule has 0 amide bonds. The van der Waals surface area contributed by atoms with Crippen LogP contribution in [0.4, 0.5) is 5.82 Å². The maximum absolute atomic E-state index is 4.52. The summed E-state index contributed by atoms with van der Waals surface area (Å²) in [5.41, 5.74) is 2.96. The monoisotopic (exact) mass is 331 g/mol. The molecule has 0 unspecified atom stereocenters. The van der Waals surface area contributed by atoms with Crippen LogP contribution in [0, 0.1) is 13.8 Å². The van der Waals surface area contributed by atoms with Gasteiger partial charge in [-0.3, -0.25) is 0 Å². The molecule has 3 rings (SSSR count). The van der Waals surface area contributed by atoms with Crippen LogP contribution in [0.5, 0.6) is 0 Å². The minimum Gasteiger partial charge on any atom is -0.372 e. The molecule has 0 saturated carbocycles. The van der Waals surface area contributed by atoms with E-state index in [9.17, 15) is 0 Å². The lowest BCUT2D eigenvalue weighted by Gasteiger charge is -2.08. The number of hydrogen-bond donors (Lipinski definition) is 1. The minimum absolute atomic E-state index is 0.721. The highest BCUT2D eigenvalue weighted by Crippen LogP contribution is 2.25. The fraction of sp³-hybridized carbons (Fsp3) is 0.214. The second-order valence-corrected chi connectivity index (χ2v) is 5.51. The van der Waals surface area contributed by atoms with Crippen molar-refractivity contribution < 1.29 is 0 Å². The maximum Gasteiger partial charge on any atom is 0.168 e. The van der Waals surface area contributed by atoms with E-state index in [1.54, 1.807) is 6.20 Å². The summed E-state index contributed by atoms with van der Waals surface area (Å²) >= 11 is 3.48. The number of hydrogen-bond acceptors (Lipinski definition) is 4. The zero-order chi connectivity index (χ0) is 14.3. The first kappa shape index (κ1) is 13.1. The van der Waals surface area contributed by atoms with Gasteiger partial charge in [-0.2, -0.15) is 5.10 Å². The number of anilines is 1. The summed E-state index contributed by atoms with van der Waals surface area (Å²) < 4.78 is 2.91. The molecule has 0 aliphatic rings. The van der Waals surface area contributed by atoms with Gasteiger partial charge in [0, 0.05) is 11.5 Å². The molecule has 2 aromatic heterocycles. The predicted octanol–water partition coefficient (Wildman–Crippen LogP) is 3.24. The summed E-state index contributed by atoms with van der Waals surface area (Å²) in [6.45, 7) is 3.94. The summed E-state index contributed by atoms with van der Waals surface area (Å²) in [6, 6.07) is 6.10. The van der Waals surface area contributed by atoms with E-state index in [0.717, 1.165) is 38.4 Å². The quantitative estimate of drug-likeness (QED) is 0.783. The number of aryl methyl sites for hydroxylation is 2. The highest BCUT2D eigenvalue weighted by Gasteiger charge is 2.13. The van der Waals surface area contributed by atoms with Gasteiger partial charge < -0.3 is 5.32 Å². The van der Waals surface area contributed by atoms with Gasteiger partial charge in [-0.15, -0.1) is 0 Å². The minimum atomic E-state index is 0.721. The zero-order valence-electron chi connectivity index (χ0n) is 11.5. The lowest BCUT2D eigenvalue weighted by molar-refractivity contribution is 0.882. The largest absolute Gasteiger partial charge is 0.372 e. The van der Waals surface area contributed by atoms with Crippen LogP contribution < -0.4 is 5.32 Å². The van der Waals surface area contributed by atoms with Gasteiger partial charge in [0.25, 0.3) is 0 Å². The number of halogens is 1. The predicted molar refractivity (Wildman–Crippen MR) is 83.4 cm³/mol. The Morgan fingerprint density at radius 2 is 2.00 bits per heavy atom. The number of nitrogens with zero attached hydrogens (tertiary/aromatic N) is 4. The van der Waals surface area contributed by atoms with E-state index in [-0.39, 0.29) is 0 Å². The molecular formula is C14H14BrN5. The molecule has 0 aliphatic carbocycles. The Morgan fingerprint density at radius 1 is 1.20 bits per heavy atom. The van der Waals surface area contributed by atoms with Crippen LogP contribution in [0.25, 0.3) is 16.7 Å². The molecule has 20 heavy (non-hydrogen) atoms. The standard InChI is InChI=1S/C14H14BrN5/c1-8-6-10(15)4-5-12(8)20-14-11(7-17-20)13(16-3)18-9(2)19-14/h4-7H,1-3H3,(H,16,18,19). The molecule has 1 aromatic carbocycles. The number of benzene rings is 1. The summed E-state index contributed by atoms with van der Waals surface area (Å²) in [4.78, 5) is 8.90. The van der Waals surface area contributed by atoms with E-state index >= 15 is 0 Å². The van der Waals surface area contributed by atoms with Crippen molar-refractivity contribution >= 4 is 32.8 Å². The Balaban J connectivity index is 2.29. The van der Waals surface area contributed by atoms with Crippen LogP contribution in [0.1, 0.15) is 11.4 Å². The van der Waals surface area contributed by atoms with Crippen LogP contribution in [0.15, 0.2) is 28.9 Å². The average Bonchev–Trinajstić information content (AvgIpc) is 2.81. The number of aromatic nitrogens is 4. The molecule has 0 aliphatic heterocycles. The second-order valence-electron chi connectivity index (χ2n) is 4.59. The second kappa shape index (κ2) is 4.86. The van der Waals surface area contributed by atoms with Crippen LogP contribution in [-0.4, -0.2) is 26.8 Å². The summed E-state index contributed by atoms with van der Waals surface area (Å²) in [7, 11) is 1.85. The molecule has 1 N–H and O–H groups in total. The van der Waals surface area contributed by atoms with Crippen molar-refractivity contribution in [3.05, 3.63) is 40.3 Å². The Morgan fingerprint density at radius 3 is 2.70 bits per heavy atom. The maximum atomic E-state index is 4.52. The summed E-state index contributed by atoms with van der Waals surface area (Å²) in [6.07, 6.45) is 1.79. The third kappa shape index (κ3) is 2.06. The van der Waals surface area contributed by atoms with E-state index in [2.05, 4.69) is 49.3 Å². The van der Waals surface area contributed by atoms with Gasteiger partial charge >= 0.3 is 0 Å². The molecule has 0 saturated heterocycles. The molecule has 2 heterocycles. The Bertz CT molecular complexity index is 794. The molecule has 6 heteroatoms. The molecule has 0 radical (unpaired) electrons. The fourth-order valence-corrected chi connectivity index (χ4v) is 2.72. The van der Waals surface area contributed by atoms with E-state index in [1.165, 1.54) is 0 Å². The van der Waals surface area contributed by atoms with Crippen molar-refractivity contribution in [3.63, 3.8) is 0 Å². The number of rotatable bonds is 2. The average molecular weight is 332 g/mol. The lowest BCUT2D eigenvalue weighted by Crippen LogP contribution is -2.03. The lowest BCUT2D eigenvalue weighted by atomic mass is 10.2. The van der Waals surface area contributed by atoms with Gasteiger partial charge in [0.05, 0.1) is 17.3 Å². The van der Waals surface area contributed by atoms with Crippen molar-refractivity contribution in [1.82, 2.24) is 19.7 Å². The third-order valence-electron chi connectivity index (χ3n) is 3.16. The first-order valence-corrected chi connectivity index (χ1v) is 7.06. The van der Waals surface area contributed by atoms with E-state index < -0.39 is 0 Å². The van der Waals surface area contributed by atoms with Crippen LogP contribution >= 0.6 is 15.9 Å². The Hall–Kier alpha value is -1.95. The van der Waals surface area contributed by atoms with Gasteiger partial charge in [-0.25, -0.2) is 14.6 Å². The van der Waals surface area contributed by atoms with E-state index in [4.69, 9.17) is 0 Å². The van der Waals surface area contributed by atoms with Gasteiger partial charge in [0.2, 0.25) is 0 Å². The third-order valence-corrected chi connectivity index (χ3v) is 3.66. The van der Waals surface area contributed by atoms with Crippen LogP contribution in [0.2, 0.25) is 0 Å². The molecule has 0 atom stereocenters. The molecule has 0 fully saturated rings. The fourth-order valence-electron chi connectivity index (χ4n) is 2.24. The van der Waals surface area contributed by atoms with Crippen LogP contribution in [-0.2, 0) is 0 Å². The Labute approximate surface area is 125 Å². The topological polar surface area (TPSA) is 55.6 Å². The summed E-state index contributed by atoms with van der Waals surface area (Å²) in [5.74, 6) is 1.52. The molecule has 5 nitrogen and oxygen atoms in total. The molecule has 3 aromatic rings. The van der Waals surface area contributed by atoms with Gasteiger partial charge in [-0.1, -0.05) is 15.9 Å². The van der Waals surface area contributed by atoms with Crippen molar-refractivity contribution in [2.75, 3.05) is 12.4 Å². The van der Waals surface area contributed by atoms with Crippen molar-refractivity contribution in [2.24, 2.45) is 0 Å².